The Hall–Kier alpha value is -3.64. The van der Waals surface area contributed by atoms with Gasteiger partial charge in [-0.15, -0.1) is 0 Å². The van der Waals surface area contributed by atoms with E-state index in [1.165, 1.54) is 17.0 Å². The smallest absolute Gasteiger partial charge is 0.295 e. The second kappa shape index (κ2) is 9.46. The van der Waals surface area contributed by atoms with Gasteiger partial charge in [-0.25, -0.2) is 0 Å². The number of carbonyl (C=O) groups excluding carboxylic acids is 2. The Morgan fingerprint density at radius 1 is 1.00 bits per heavy atom. The molecule has 0 spiro atoms. The van der Waals surface area contributed by atoms with Crippen LogP contribution in [0.2, 0.25) is 0 Å². The fourth-order valence-corrected chi connectivity index (χ4v) is 4.16. The predicted molar refractivity (Wildman–Crippen MR) is 127 cm³/mol. The second-order valence-electron chi connectivity index (χ2n) is 8.42. The first-order valence-electron chi connectivity index (χ1n) is 11.0. The minimum absolute atomic E-state index is 0.0470. The van der Waals surface area contributed by atoms with Gasteiger partial charge in [0.1, 0.15) is 11.5 Å². The van der Waals surface area contributed by atoms with Crippen molar-refractivity contribution in [3.63, 3.8) is 0 Å². The number of aromatic hydroxyl groups is 1. The predicted octanol–water partition coefficient (Wildman–Crippen LogP) is 4.78. The third kappa shape index (κ3) is 4.61. The monoisotopic (exact) mass is 445 g/mol. The zero-order valence-electron chi connectivity index (χ0n) is 18.7. The van der Waals surface area contributed by atoms with Crippen molar-refractivity contribution in [3.8, 4) is 5.75 Å². The van der Waals surface area contributed by atoms with Gasteiger partial charge in [0.2, 0.25) is 0 Å². The minimum Gasteiger partial charge on any atom is -0.508 e. The van der Waals surface area contributed by atoms with E-state index in [1.54, 1.807) is 18.2 Å². The lowest BCUT2D eigenvalue weighted by Crippen LogP contribution is -2.31. The molecule has 33 heavy (non-hydrogen) atoms. The number of amides is 1. The van der Waals surface area contributed by atoms with Crippen LogP contribution in [0.5, 0.6) is 5.75 Å². The van der Waals surface area contributed by atoms with Crippen LogP contribution in [0.1, 0.15) is 37.4 Å². The van der Waals surface area contributed by atoms with Gasteiger partial charge >= 0.3 is 0 Å². The molecule has 1 aliphatic heterocycles. The number of phenols is 1. The molecule has 170 valence electrons. The van der Waals surface area contributed by atoms with Gasteiger partial charge in [-0.2, -0.15) is 0 Å². The van der Waals surface area contributed by atoms with E-state index in [4.69, 9.17) is 4.74 Å². The topological polar surface area (TPSA) is 87.1 Å². The van der Waals surface area contributed by atoms with Crippen molar-refractivity contribution in [1.82, 2.24) is 4.90 Å². The summed E-state index contributed by atoms with van der Waals surface area (Å²) >= 11 is 0. The first-order chi connectivity index (χ1) is 15.9. The van der Waals surface area contributed by atoms with Crippen molar-refractivity contribution in [2.24, 2.45) is 0 Å². The van der Waals surface area contributed by atoms with Gasteiger partial charge in [-0.05, 0) is 54.8 Å². The van der Waals surface area contributed by atoms with E-state index in [0.717, 1.165) is 10.8 Å². The van der Waals surface area contributed by atoms with Crippen LogP contribution in [0.15, 0.2) is 72.3 Å². The molecule has 2 N–H and O–H groups in total. The Balaban J connectivity index is 1.77. The summed E-state index contributed by atoms with van der Waals surface area (Å²) in [6, 6.07) is 18.7. The molecule has 6 heteroatoms. The van der Waals surface area contributed by atoms with Gasteiger partial charge in [0, 0.05) is 18.7 Å². The zero-order chi connectivity index (χ0) is 23.5. The second-order valence-corrected chi connectivity index (χ2v) is 8.42. The molecule has 1 heterocycles. The van der Waals surface area contributed by atoms with Crippen LogP contribution in [-0.2, 0) is 14.3 Å². The van der Waals surface area contributed by atoms with Crippen LogP contribution in [0.25, 0.3) is 16.5 Å². The summed E-state index contributed by atoms with van der Waals surface area (Å²) in [5, 5.41) is 22.9. The number of rotatable bonds is 7. The largest absolute Gasteiger partial charge is 0.508 e. The molecule has 6 nitrogen and oxygen atoms in total. The average molecular weight is 446 g/mol. The number of aliphatic hydroxyl groups excluding tert-OH is 1. The number of likely N-dealkylation sites (tertiary alicyclic amines) is 1. The average Bonchev–Trinajstić information content (AvgIpc) is 3.06. The minimum atomic E-state index is -0.754. The lowest BCUT2D eigenvalue weighted by atomic mass is 9.94. The maximum atomic E-state index is 13.1. The molecule has 3 aromatic carbocycles. The molecule has 0 aromatic heterocycles. The normalized spacial score (nSPS) is 17.9. The summed E-state index contributed by atoms with van der Waals surface area (Å²) in [6.45, 7) is 4.63. The number of ketones is 1. The van der Waals surface area contributed by atoms with Crippen molar-refractivity contribution in [2.75, 3.05) is 13.2 Å². The van der Waals surface area contributed by atoms with Crippen molar-refractivity contribution in [1.29, 1.82) is 0 Å². The van der Waals surface area contributed by atoms with Crippen LogP contribution in [0, 0.1) is 0 Å². The van der Waals surface area contributed by atoms with Crippen LogP contribution < -0.4 is 0 Å². The van der Waals surface area contributed by atoms with E-state index in [2.05, 4.69) is 0 Å². The van der Waals surface area contributed by atoms with E-state index in [0.29, 0.717) is 30.7 Å². The van der Waals surface area contributed by atoms with Crippen LogP contribution >= 0.6 is 0 Å². The summed E-state index contributed by atoms with van der Waals surface area (Å²) in [4.78, 5) is 27.6. The quantitative estimate of drug-likeness (QED) is 0.236. The van der Waals surface area contributed by atoms with E-state index >= 15 is 0 Å². The van der Waals surface area contributed by atoms with Crippen molar-refractivity contribution in [3.05, 3.63) is 83.4 Å². The van der Waals surface area contributed by atoms with Gasteiger partial charge in [-0.1, -0.05) is 48.5 Å². The van der Waals surface area contributed by atoms with Crippen LogP contribution in [0.3, 0.4) is 0 Å². The molecule has 1 aliphatic rings. The molecule has 1 fully saturated rings. The summed E-state index contributed by atoms with van der Waals surface area (Å²) in [5.41, 5.74) is 1.16. The Morgan fingerprint density at radius 3 is 2.39 bits per heavy atom. The summed E-state index contributed by atoms with van der Waals surface area (Å²) in [5.74, 6) is -1.50. The lowest BCUT2D eigenvalue weighted by Gasteiger charge is -2.25. The first-order valence-corrected chi connectivity index (χ1v) is 11.0. The summed E-state index contributed by atoms with van der Waals surface area (Å²) in [6.07, 6.45) is 0.622. The number of carbonyl (C=O) groups is 2. The van der Waals surface area contributed by atoms with Crippen LogP contribution in [0.4, 0.5) is 0 Å². The number of ether oxygens (including phenoxy) is 1. The number of nitrogens with zero attached hydrogens (tertiary/aromatic N) is 1. The first kappa shape index (κ1) is 22.6. The molecule has 1 atom stereocenters. The Morgan fingerprint density at radius 2 is 1.70 bits per heavy atom. The van der Waals surface area contributed by atoms with Gasteiger partial charge in [0.15, 0.2) is 0 Å². The summed E-state index contributed by atoms with van der Waals surface area (Å²) < 4.78 is 5.59. The number of hydrogen-bond acceptors (Lipinski definition) is 5. The number of benzene rings is 3. The molecular weight excluding hydrogens is 418 g/mol. The maximum absolute atomic E-state index is 13.1. The number of hydrogen-bond donors (Lipinski definition) is 2. The molecular formula is C27H27NO5. The van der Waals surface area contributed by atoms with Gasteiger partial charge in [0.05, 0.1) is 17.7 Å². The SMILES string of the molecule is CC(C)OCCCN1C(=O)C(=O)/C(=C(\O)c2ccc3ccccc3c2)C1c1ccc(O)cc1. The van der Waals surface area contributed by atoms with Crippen molar-refractivity contribution in [2.45, 2.75) is 32.4 Å². The number of fused-ring (bicyclic) bond motifs is 1. The fourth-order valence-electron chi connectivity index (χ4n) is 4.16. The van der Waals surface area contributed by atoms with E-state index in [-0.39, 0.29) is 23.2 Å². The molecule has 0 aliphatic carbocycles. The van der Waals surface area contributed by atoms with Gasteiger partial charge < -0.3 is 19.8 Å². The Kier molecular flexibility index (Phi) is 6.47. The molecule has 0 saturated carbocycles. The third-order valence-electron chi connectivity index (χ3n) is 5.77. The highest BCUT2D eigenvalue weighted by Gasteiger charge is 2.45. The number of phenolic OH excluding ortho intramolecular Hbond substituents is 1. The fraction of sp³-hybridized carbons (Fsp3) is 0.259. The van der Waals surface area contributed by atoms with Gasteiger partial charge in [0.25, 0.3) is 11.7 Å². The molecule has 3 aromatic rings. The van der Waals surface area contributed by atoms with Gasteiger partial charge in [-0.3, -0.25) is 9.59 Å². The molecule has 0 bridgehead atoms. The number of Topliss-reactive ketones (excluding diaryl/α,β-unsaturated/α-hetero) is 1. The molecule has 1 unspecified atom stereocenters. The number of aliphatic hydroxyl groups is 1. The lowest BCUT2D eigenvalue weighted by molar-refractivity contribution is -0.140. The highest BCUT2D eigenvalue weighted by atomic mass is 16.5. The standard InChI is InChI=1S/C27H27NO5/c1-17(2)33-15-5-14-28-24(19-10-12-22(29)13-11-19)23(26(31)27(28)32)25(30)21-9-8-18-6-3-4-7-20(18)16-21/h3-4,6-13,16-17,24,29-30H,5,14-15H2,1-2H3/b25-23-. The zero-order valence-corrected chi connectivity index (χ0v) is 18.7. The highest BCUT2D eigenvalue weighted by Crippen LogP contribution is 2.40. The molecule has 0 radical (unpaired) electrons. The van der Waals surface area contributed by atoms with E-state index in [1.807, 2.05) is 50.2 Å². The Bertz CT molecular complexity index is 1210. The third-order valence-corrected chi connectivity index (χ3v) is 5.77. The molecule has 1 amide bonds. The van der Waals surface area contributed by atoms with E-state index < -0.39 is 17.7 Å². The highest BCUT2D eigenvalue weighted by molar-refractivity contribution is 6.46. The summed E-state index contributed by atoms with van der Waals surface area (Å²) in [7, 11) is 0. The molecule has 4 rings (SSSR count). The van der Waals surface area contributed by atoms with Crippen molar-refractivity contribution >= 4 is 28.2 Å². The van der Waals surface area contributed by atoms with Crippen LogP contribution in [-0.4, -0.2) is 46.1 Å². The Labute approximate surface area is 192 Å². The molecule has 1 saturated heterocycles. The van der Waals surface area contributed by atoms with Crippen molar-refractivity contribution < 1.29 is 24.5 Å². The maximum Gasteiger partial charge on any atom is 0.295 e. The van der Waals surface area contributed by atoms with E-state index in [9.17, 15) is 19.8 Å².